The first kappa shape index (κ1) is 13.6. The highest BCUT2D eigenvalue weighted by Gasteiger charge is 2.29. The summed E-state index contributed by atoms with van der Waals surface area (Å²) in [5, 5.41) is 6.63. The van der Waals surface area contributed by atoms with Gasteiger partial charge in [0.15, 0.2) is 0 Å². The summed E-state index contributed by atoms with van der Waals surface area (Å²) in [6.07, 6.45) is 4.88. The highest BCUT2D eigenvalue weighted by atomic mass is 16.2. The molecule has 3 heteroatoms. The van der Waals surface area contributed by atoms with Gasteiger partial charge in [-0.1, -0.05) is 44.0 Å². The maximum Gasteiger partial charge on any atom is 0.229 e. The van der Waals surface area contributed by atoms with Crippen molar-refractivity contribution in [1.29, 1.82) is 0 Å². The Kier molecular flexibility index (Phi) is 4.06. The maximum atomic E-state index is 12.6. The molecular formula is C17H24N2O. The molecule has 1 amide bonds. The number of amides is 1. The lowest BCUT2D eigenvalue weighted by Crippen LogP contribution is -2.43. The normalized spacial score (nSPS) is 22.9. The van der Waals surface area contributed by atoms with E-state index in [4.69, 9.17) is 0 Å². The van der Waals surface area contributed by atoms with E-state index in [-0.39, 0.29) is 11.8 Å². The minimum atomic E-state index is -0.0341. The Balaban J connectivity index is 1.67. The second-order valence-electron chi connectivity index (χ2n) is 6.18. The van der Waals surface area contributed by atoms with E-state index in [1.807, 2.05) is 12.1 Å². The topological polar surface area (TPSA) is 41.1 Å². The molecule has 2 unspecified atom stereocenters. The van der Waals surface area contributed by atoms with Gasteiger partial charge in [0, 0.05) is 19.1 Å². The van der Waals surface area contributed by atoms with Crippen LogP contribution in [0.1, 0.15) is 49.7 Å². The van der Waals surface area contributed by atoms with Crippen LogP contribution in [-0.4, -0.2) is 18.5 Å². The van der Waals surface area contributed by atoms with Gasteiger partial charge in [0.05, 0.1) is 5.92 Å². The van der Waals surface area contributed by atoms with Gasteiger partial charge in [-0.05, 0) is 29.9 Å². The van der Waals surface area contributed by atoms with Crippen LogP contribution in [0.2, 0.25) is 0 Å². The van der Waals surface area contributed by atoms with E-state index >= 15 is 0 Å². The van der Waals surface area contributed by atoms with Gasteiger partial charge in [-0.2, -0.15) is 0 Å². The number of fused-ring (bicyclic) bond motifs is 1. The van der Waals surface area contributed by atoms with Gasteiger partial charge >= 0.3 is 0 Å². The van der Waals surface area contributed by atoms with Crippen molar-refractivity contribution in [3.8, 4) is 0 Å². The van der Waals surface area contributed by atoms with Crippen LogP contribution >= 0.6 is 0 Å². The third kappa shape index (κ3) is 3.04. The number of benzene rings is 1. The van der Waals surface area contributed by atoms with E-state index in [1.165, 1.54) is 24.0 Å². The Morgan fingerprint density at radius 1 is 1.40 bits per heavy atom. The van der Waals surface area contributed by atoms with Crippen LogP contribution in [0.15, 0.2) is 24.3 Å². The van der Waals surface area contributed by atoms with Gasteiger partial charge in [-0.3, -0.25) is 4.79 Å². The fourth-order valence-electron chi connectivity index (χ4n) is 3.12. The molecule has 1 fully saturated rings. The zero-order chi connectivity index (χ0) is 13.9. The Morgan fingerprint density at radius 3 is 2.95 bits per heavy atom. The number of nitrogens with one attached hydrogen (secondary N) is 2. The third-order valence-corrected chi connectivity index (χ3v) is 4.56. The van der Waals surface area contributed by atoms with Crippen molar-refractivity contribution in [2.24, 2.45) is 5.92 Å². The van der Waals surface area contributed by atoms with Gasteiger partial charge in [-0.25, -0.2) is 0 Å². The minimum Gasteiger partial charge on any atom is -0.353 e. The van der Waals surface area contributed by atoms with E-state index in [9.17, 15) is 4.79 Å². The summed E-state index contributed by atoms with van der Waals surface area (Å²) >= 11 is 0. The number of hydrogen-bond donors (Lipinski definition) is 2. The van der Waals surface area contributed by atoms with Crippen molar-refractivity contribution in [2.75, 3.05) is 6.54 Å². The molecule has 1 aliphatic carbocycles. The molecule has 2 atom stereocenters. The Hall–Kier alpha value is -1.35. The van der Waals surface area contributed by atoms with Crippen LogP contribution < -0.4 is 10.6 Å². The molecule has 1 aliphatic heterocycles. The molecule has 1 heterocycles. The average Bonchev–Trinajstić information content (AvgIpc) is 3.29. The van der Waals surface area contributed by atoms with Crippen LogP contribution in [-0.2, 0) is 11.3 Å². The van der Waals surface area contributed by atoms with Crippen molar-refractivity contribution in [3.63, 3.8) is 0 Å². The van der Waals surface area contributed by atoms with Crippen molar-refractivity contribution in [1.82, 2.24) is 10.6 Å². The first-order valence-corrected chi connectivity index (χ1v) is 7.86. The molecule has 1 saturated carbocycles. The standard InChI is InChI=1S/C17H24N2O/c1-2-14(9-12-7-8-12)19-17(20)16-11-18-10-13-5-3-4-6-15(13)16/h3-6,12,14,16,18H,2,7-11H2,1H3,(H,19,20). The lowest BCUT2D eigenvalue weighted by molar-refractivity contribution is -0.123. The zero-order valence-electron chi connectivity index (χ0n) is 12.2. The van der Waals surface area contributed by atoms with Crippen LogP contribution in [0.5, 0.6) is 0 Å². The molecule has 0 aromatic heterocycles. The molecule has 2 N–H and O–H groups in total. The summed E-state index contributed by atoms with van der Waals surface area (Å²) in [5.74, 6) is 1.02. The summed E-state index contributed by atoms with van der Waals surface area (Å²) < 4.78 is 0. The largest absolute Gasteiger partial charge is 0.353 e. The molecule has 1 aromatic rings. The first-order valence-electron chi connectivity index (χ1n) is 7.86. The first-order chi connectivity index (χ1) is 9.78. The van der Waals surface area contributed by atoms with Crippen LogP contribution in [0.3, 0.4) is 0 Å². The van der Waals surface area contributed by atoms with Gasteiger partial charge in [0.1, 0.15) is 0 Å². The van der Waals surface area contributed by atoms with Crippen molar-refractivity contribution in [3.05, 3.63) is 35.4 Å². The molecule has 0 radical (unpaired) electrons. The molecule has 2 aliphatic rings. The summed E-state index contributed by atoms with van der Waals surface area (Å²) in [6, 6.07) is 8.64. The minimum absolute atomic E-state index is 0.0341. The predicted octanol–water partition coefficient (Wildman–Crippen LogP) is 2.57. The fraction of sp³-hybridized carbons (Fsp3) is 0.588. The maximum absolute atomic E-state index is 12.6. The second kappa shape index (κ2) is 5.96. The quantitative estimate of drug-likeness (QED) is 0.865. The van der Waals surface area contributed by atoms with E-state index in [1.54, 1.807) is 0 Å². The van der Waals surface area contributed by atoms with Crippen LogP contribution in [0.4, 0.5) is 0 Å². The van der Waals surface area contributed by atoms with Gasteiger partial charge in [0.25, 0.3) is 0 Å². The monoisotopic (exact) mass is 272 g/mol. The number of rotatable bonds is 5. The van der Waals surface area contributed by atoms with E-state index in [2.05, 4.69) is 29.7 Å². The second-order valence-corrected chi connectivity index (χ2v) is 6.18. The van der Waals surface area contributed by atoms with Gasteiger partial charge in [-0.15, -0.1) is 0 Å². The Bertz CT molecular complexity index is 482. The van der Waals surface area contributed by atoms with E-state index < -0.39 is 0 Å². The summed E-state index contributed by atoms with van der Waals surface area (Å²) in [7, 11) is 0. The molecular weight excluding hydrogens is 248 g/mol. The van der Waals surface area contributed by atoms with Crippen molar-refractivity contribution < 1.29 is 4.79 Å². The third-order valence-electron chi connectivity index (χ3n) is 4.56. The molecule has 20 heavy (non-hydrogen) atoms. The zero-order valence-corrected chi connectivity index (χ0v) is 12.2. The highest BCUT2D eigenvalue weighted by Crippen LogP contribution is 2.34. The lowest BCUT2D eigenvalue weighted by Gasteiger charge is -2.27. The molecule has 1 aromatic carbocycles. The Labute approximate surface area is 121 Å². The molecule has 3 rings (SSSR count). The van der Waals surface area contributed by atoms with E-state index in [0.717, 1.165) is 31.8 Å². The molecule has 0 bridgehead atoms. The van der Waals surface area contributed by atoms with Gasteiger partial charge in [0.2, 0.25) is 5.91 Å². The number of carbonyl (C=O) groups is 1. The molecule has 3 nitrogen and oxygen atoms in total. The fourth-order valence-corrected chi connectivity index (χ4v) is 3.12. The van der Waals surface area contributed by atoms with Gasteiger partial charge < -0.3 is 10.6 Å². The predicted molar refractivity (Wildman–Crippen MR) is 80.5 cm³/mol. The summed E-state index contributed by atoms with van der Waals surface area (Å²) in [4.78, 5) is 12.6. The summed E-state index contributed by atoms with van der Waals surface area (Å²) in [5.41, 5.74) is 2.46. The number of hydrogen-bond acceptors (Lipinski definition) is 2. The smallest absolute Gasteiger partial charge is 0.229 e. The highest BCUT2D eigenvalue weighted by molar-refractivity contribution is 5.84. The molecule has 108 valence electrons. The van der Waals surface area contributed by atoms with Crippen molar-refractivity contribution in [2.45, 2.75) is 51.1 Å². The number of carbonyl (C=O) groups excluding carboxylic acids is 1. The molecule has 0 spiro atoms. The van der Waals surface area contributed by atoms with E-state index in [0.29, 0.717) is 6.04 Å². The van der Waals surface area contributed by atoms with Crippen LogP contribution in [0.25, 0.3) is 0 Å². The van der Waals surface area contributed by atoms with Crippen LogP contribution in [0, 0.1) is 5.92 Å². The summed E-state index contributed by atoms with van der Waals surface area (Å²) in [6.45, 7) is 3.79. The lowest BCUT2D eigenvalue weighted by atomic mass is 9.90. The SMILES string of the molecule is CCC(CC1CC1)NC(=O)C1CNCc2ccccc21. The van der Waals surface area contributed by atoms with Crippen molar-refractivity contribution >= 4 is 5.91 Å². The molecule has 0 saturated heterocycles. The average molecular weight is 272 g/mol. The Morgan fingerprint density at radius 2 is 2.20 bits per heavy atom.